The summed E-state index contributed by atoms with van der Waals surface area (Å²) in [5, 5.41) is 26.8. The normalized spacial score (nSPS) is 21.6. The van der Waals surface area contributed by atoms with Gasteiger partial charge in [0.1, 0.15) is 36.3 Å². The van der Waals surface area contributed by atoms with Crippen molar-refractivity contribution in [3.8, 4) is 11.1 Å². The fraction of sp³-hybridized carbons (Fsp3) is 0.465. The van der Waals surface area contributed by atoms with Gasteiger partial charge in [-0.2, -0.15) is 13.5 Å². The molecule has 12 rings (SSSR count). The summed E-state index contributed by atoms with van der Waals surface area (Å²) in [7, 11) is -4.86. The van der Waals surface area contributed by atoms with Crippen LogP contribution in [0.3, 0.4) is 0 Å². The van der Waals surface area contributed by atoms with Crippen LogP contribution in [0.2, 0.25) is 0 Å². The molecule has 8 amide bonds. The van der Waals surface area contributed by atoms with E-state index in [0.29, 0.717) is 72.1 Å². The molecular formula is C71H84N12O15S2. The van der Waals surface area contributed by atoms with Crippen molar-refractivity contribution < 1.29 is 70.7 Å². The third-order valence-electron chi connectivity index (χ3n) is 19.8. The largest absolute Gasteiger partial charge is 0.476 e. The number of nitrogens with zero attached hydrogens (tertiary/aromatic N) is 7. The molecule has 0 saturated heterocycles. The molecule has 27 nitrogen and oxygen atoms in total. The molecule has 4 saturated carbocycles. The number of benzene rings is 3. The van der Waals surface area contributed by atoms with Gasteiger partial charge in [-0.1, -0.05) is 81.9 Å². The first-order chi connectivity index (χ1) is 47.4. The van der Waals surface area contributed by atoms with Crippen molar-refractivity contribution in [1.82, 2.24) is 40.6 Å². The van der Waals surface area contributed by atoms with Crippen LogP contribution in [0.25, 0.3) is 21.3 Å². The lowest BCUT2D eigenvalue weighted by Crippen LogP contribution is -2.64. The van der Waals surface area contributed by atoms with E-state index in [1.807, 2.05) is 59.0 Å². The molecule has 29 heteroatoms. The zero-order chi connectivity index (χ0) is 71.6. The molecule has 3 aromatic heterocycles. The van der Waals surface area contributed by atoms with E-state index in [1.165, 1.54) is 30.4 Å². The van der Waals surface area contributed by atoms with Crippen LogP contribution in [0.4, 0.5) is 21.4 Å². The minimum atomic E-state index is -4.86. The predicted molar refractivity (Wildman–Crippen MR) is 371 cm³/mol. The monoisotopic (exact) mass is 1410 g/mol. The minimum Gasteiger partial charge on any atom is -0.476 e. The molecule has 4 aliphatic carbocycles. The van der Waals surface area contributed by atoms with Crippen molar-refractivity contribution in [2.45, 2.75) is 156 Å². The summed E-state index contributed by atoms with van der Waals surface area (Å²) >= 11 is 1.40. The van der Waals surface area contributed by atoms with Crippen molar-refractivity contribution in [2.75, 3.05) is 47.1 Å². The Balaban J connectivity index is 0.679. The van der Waals surface area contributed by atoms with Crippen LogP contribution in [-0.4, -0.2) is 152 Å². The number of rotatable bonds is 29. The Morgan fingerprint density at radius 3 is 2.23 bits per heavy atom. The first-order valence-electron chi connectivity index (χ1n) is 33.5. The molecule has 4 bridgehead atoms. The summed E-state index contributed by atoms with van der Waals surface area (Å²) in [5.41, 5.74) is 10.7. The summed E-state index contributed by atoms with van der Waals surface area (Å²) in [6.45, 7) is 13.0. The van der Waals surface area contributed by atoms with Gasteiger partial charge in [-0.05, 0) is 153 Å². The molecule has 2 unspecified atom stereocenters. The second kappa shape index (κ2) is 29.0. The highest BCUT2D eigenvalue weighted by Gasteiger charge is 2.66. The summed E-state index contributed by atoms with van der Waals surface area (Å²) in [5.74, 6) is -7.30. The molecule has 530 valence electrons. The number of carbonyl (C=O) groups is 9. The molecule has 4 fully saturated rings. The average Bonchev–Trinajstić information content (AvgIpc) is 1.16. The Morgan fingerprint density at radius 2 is 1.55 bits per heavy atom. The molecule has 100 heavy (non-hydrogen) atoms. The number of unbranched alkanes of at least 4 members (excludes halogenated alkanes) is 2. The number of ether oxygens (including phenoxy) is 2. The van der Waals surface area contributed by atoms with Crippen molar-refractivity contribution in [3.63, 3.8) is 0 Å². The van der Waals surface area contributed by atoms with Gasteiger partial charge in [0.2, 0.25) is 17.7 Å². The molecule has 6 aliphatic rings. The van der Waals surface area contributed by atoms with Gasteiger partial charge in [0.05, 0.1) is 28.6 Å². The van der Waals surface area contributed by atoms with Gasteiger partial charge in [0, 0.05) is 79.4 Å². The first kappa shape index (κ1) is 71.8. The van der Waals surface area contributed by atoms with E-state index < -0.39 is 93.0 Å². The number of fused-ring (bicyclic) bond motifs is 2. The second-order valence-corrected chi connectivity index (χ2v) is 31.0. The Bertz CT molecular complexity index is 4290. The van der Waals surface area contributed by atoms with Crippen LogP contribution in [0.15, 0.2) is 97.2 Å². The maximum absolute atomic E-state index is 14.5. The molecule has 5 heterocycles. The minimum absolute atomic E-state index is 0.0289. The summed E-state index contributed by atoms with van der Waals surface area (Å²) in [4.78, 5) is 131. The van der Waals surface area contributed by atoms with Crippen LogP contribution in [0.1, 0.15) is 142 Å². The van der Waals surface area contributed by atoms with Crippen molar-refractivity contribution in [3.05, 3.63) is 131 Å². The molecule has 2 aliphatic heterocycles. The second-order valence-electron chi connectivity index (χ2n) is 28.5. The number of nitrogens with two attached hydrogens (primary N) is 1. The van der Waals surface area contributed by atoms with E-state index in [1.54, 1.807) is 44.3 Å². The zero-order valence-electron chi connectivity index (χ0n) is 56.7. The molecule has 0 spiro atoms. The predicted octanol–water partition coefficient (Wildman–Crippen LogP) is 7.64. The highest BCUT2D eigenvalue weighted by atomic mass is 32.2. The molecule has 0 radical (unpaired) electrons. The maximum atomic E-state index is 14.5. The number of amides is 8. The number of hydrogen-bond donors (Lipinski definition) is 7. The number of alkyl carbamates (subject to hydrolysis) is 1. The molecule has 6 aromatic rings. The lowest BCUT2D eigenvalue weighted by molar-refractivity contribution is -0.247. The van der Waals surface area contributed by atoms with E-state index in [0.717, 1.165) is 87.5 Å². The van der Waals surface area contributed by atoms with Gasteiger partial charge in [0.15, 0.2) is 10.8 Å². The van der Waals surface area contributed by atoms with E-state index in [2.05, 4.69) is 40.1 Å². The van der Waals surface area contributed by atoms with Crippen molar-refractivity contribution in [1.29, 1.82) is 0 Å². The SMILES string of the molecule is Cc1c(-c2ccc(N3CCc4cccc(C(=O)Nc5nc6ccccc6s5)c4C3)nc2C(=O)O)cnn1CC12CC3(C)CC(C)(C1)CC(OCCNC(=O)OCc1ccc(N(C(=O)[C@@H](NC(=O)[C@H](CS(=O)(=O)O)NC(=O)CCCCCN4C(=O)C=CC4=O)C(C)C)[C@@H](C)C(N)=O)cc1)(C3)C2. The molecule has 5 atom stereocenters. The number of carboxylic acid groups (broad SMARTS) is 1. The van der Waals surface area contributed by atoms with E-state index >= 15 is 0 Å². The van der Waals surface area contributed by atoms with Gasteiger partial charge < -0.3 is 41.2 Å². The number of pyridine rings is 1. The third kappa shape index (κ3) is 16.2. The van der Waals surface area contributed by atoms with Crippen molar-refractivity contribution in [2.24, 2.45) is 27.9 Å². The van der Waals surface area contributed by atoms with Crippen molar-refractivity contribution >= 4 is 102 Å². The number of primary amides is 1. The Hall–Kier alpha value is -9.45. The number of carbonyl (C=O) groups excluding carboxylic acids is 8. The summed E-state index contributed by atoms with van der Waals surface area (Å²) in [6, 6.07) is 18.6. The maximum Gasteiger partial charge on any atom is 0.407 e. The van der Waals surface area contributed by atoms with E-state index in [4.69, 9.17) is 25.3 Å². The Labute approximate surface area is 582 Å². The highest BCUT2D eigenvalue weighted by molar-refractivity contribution is 7.85. The first-order valence-corrected chi connectivity index (χ1v) is 36.0. The number of aromatic carboxylic acids is 1. The van der Waals surface area contributed by atoms with Crippen LogP contribution in [0.5, 0.6) is 0 Å². The quantitative estimate of drug-likeness (QED) is 0.0135. The fourth-order valence-electron chi connectivity index (χ4n) is 16.4. The van der Waals surface area contributed by atoms with Gasteiger partial charge >= 0.3 is 12.1 Å². The summed E-state index contributed by atoms with van der Waals surface area (Å²) < 4.78 is 49.3. The van der Waals surface area contributed by atoms with Gasteiger partial charge in [-0.15, -0.1) is 0 Å². The fourth-order valence-corrected chi connectivity index (χ4v) is 17.9. The van der Waals surface area contributed by atoms with E-state index in [-0.39, 0.29) is 72.7 Å². The lowest BCUT2D eigenvalue weighted by Gasteiger charge is -2.69. The number of nitrogens with one attached hydrogen (secondary N) is 4. The average molecular weight is 1410 g/mol. The number of imide groups is 1. The Morgan fingerprint density at radius 1 is 0.830 bits per heavy atom. The van der Waals surface area contributed by atoms with Gasteiger partial charge in [-0.3, -0.25) is 57.9 Å². The van der Waals surface area contributed by atoms with Crippen LogP contribution < -0.4 is 36.8 Å². The number of carboxylic acids is 1. The topological polar surface area (TPSA) is 374 Å². The van der Waals surface area contributed by atoms with E-state index in [9.17, 15) is 61.2 Å². The number of anilines is 3. The molecule has 3 aromatic carbocycles. The smallest absolute Gasteiger partial charge is 0.407 e. The highest BCUT2D eigenvalue weighted by Crippen LogP contribution is 2.72. The summed E-state index contributed by atoms with van der Waals surface area (Å²) in [6.07, 6.45) is 10.3. The number of thiazole rings is 1. The number of para-hydroxylation sites is 1. The standard InChI is InChI=1S/C71H84N12O15S2/c1-42(2)59(78-63(89)53(34-100(94,95)96)75-56(84)17-8-7-11-28-81-57(85)24-25-58(81)86)64(90)83(44(4)61(72)87)47-20-18-45(19-21-47)33-97-67(93)73-27-30-98-71-38-68(5)35-69(6,39-71)37-70(36-68,40-71)41-82-43(3)50(31-74-82)48-22-23-55(77-60(48)65(91)92)80-29-26-46-13-12-14-49(51(46)32-80)62(88)79-66-76-52-15-9-10-16-54(52)99-66/h9-10,12-16,18-25,31,42,44,53,59H,7-8,11,17,26-30,32-41H2,1-6H3,(H2,72,87)(H,73,93)(H,75,84)(H,78,89)(H,91,92)(H,76,79,88)(H,94,95,96)/t44-,53-,59-,68?,69?,70?,71?/m0/s1. The van der Waals surface area contributed by atoms with Gasteiger partial charge in [-0.25, -0.2) is 19.6 Å². The molecular weight excluding hydrogens is 1320 g/mol. The lowest BCUT2D eigenvalue weighted by atomic mass is 9.39. The zero-order valence-corrected chi connectivity index (χ0v) is 58.3. The van der Waals surface area contributed by atoms with Crippen LogP contribution in [0, 0.1) is 29.1 Å². The van der Waals surface area contributed by atoms with Gasteiger partial charge in [0.25, 0.3) is 33.7 Å². The number of aromatic nitrogens is 4. The number of hydrogen-bond acceptors (Lipinski definition) is 18. The third-order valence-corrected chi connectivity index (χ3v) is 21.5. The van der Waals surface area contributed by atoms with Crippen LogP contribution >= 0.6 is 11.3 Å². The molecule has 8 N–H and O–H groups in total. The Kier molecular flexibility index (Phi) is 20.8. The van der Waals surface area contributed by atoms with Crippen LogP contribution in [-0.2, 0) is 74.5 Å².